The summed E-state index contributed by atoms with van der Waals surface area (Å²) in [4.78, 5) is 23.4. The minimum atomic E-state index is -6.20. The Morgan fingerprint density at radius 1 is 0.341 bits per heavy atom. The second-order valence-electron chi connectivity index (χ2n) is 28.4. The molecule has 6 rings (SSSR count). The molecule has 0 saturated heterocycles. The van der Waals surface area contributed by atoms with E-state index in [-0.39, 0.29) is 0 Å². The Morgan fingerprint density at radius 2 is 0.532 bits per heavy atom. The maximum atomic E-state index is 11.8. The van der Waals surface area contributed by atoms with Crippen LogP contribution in [0.25, 0.3) is 0 Å². The van der Waals surface area contributed by atoms with Gasteiger partial charge in [-0.2, -0.15) is 0 Å². The summed E-state index contributed by atoms with van der Waals surface area (Å²) in [6.07, 6.45) is 0. The molecule has 58 heteroatoms. The summed E-state index contributed by atoms with van der Waals surface area (Å²) in [5.74, 6) is 5.12. The van der Waals surface area contributed by atoms with E-state index in [4.69, 9.17) is 65.2 Å². The molecule has 0 bridgehead atoms. The number of rotatable bonds is 27. The van der Waals surface area contributed by atoms with Crippen LogP contribution < -0.4 is 23.9 Å². The van der Waals surface area contributed by atoms with Crippen molar-refractivity contribution in [3.63, 3.8) is 0 Å². The van der Waals surface area contributed by atoms with Crippen molar-refractivity contribution in [2.45, 2.75) is 188 Å². The Morgan fingerprint density at radius 3 is 0.635 bits per heavy atom. The van der Waals surface area contributed by atoms with Crippen LogP contribution in [-0.4, -0.2) is 146 Å². The van der Waals surface area contributed by atoms with Gasteiger partial charge in [0, 0.05) is 7.11 Å². The summed E-state index contributed by atoms with van der Waals surface area (Å²) in [6.45, 7) is 28.6. The quantitative estimate of drug-likeness (QED) is 0.0348. The van der Waals surface area contributed by atoms with Crippen molar-refractivity contribution >= 4 is 138 Å². The van der Waals surface area contributed by atoms with E-state index in [1.807, 2.05) is 243 Å². The second-order valence-corrected chi connectivity index (χ2v) is 140. The normalized spacial score (nSPS) is 11.6. The molecule has 0 amide bonds. The van der Waals surface area contributed by atoms with Gasteiger partial charge in [-0.3, -0.25) is 0 Å². The van der Waals surface area contributed by atoms with E-state index in [9.17, 15) is 67.2 Å². The van der Waals surface area contributed by atoms with Gasteiger partial charge >= 0.3 is 684 Å². The van der Waals surface area contributed by atoms with Crippen LogP contribution in [0.4, 0.5) is 0 Å². The van der Waals surface area contributed by atoms with Gasteiger partial charge < -0.3 is 19.8 Å². The Bertz CT molecular complexity index is 5020. The molecule has 0 aliphatic carbocycles. The van der Waals surface area contributed by atoms with Gasteiger partial charge in [-0.25, -0.2) is 0 Å². The Labute approximate surface area is 799 Å². The van der Waals surface area contributed by atoms with Crippen LogP contribution in [0.2, 0.25) is 98.9 Å². The van der Waals surface area contributed by atoms with Gasteiger partial charge in [-0.05, 0) is 58.5 Å². The average molecular weight is 4070 g/mol. The standard InChI is InChI=1S/C18H15GeO.C6H15GeO.C6H16OSi.3C6H5.C4H10O.C3H9GeO.C3H10OSi.3C2H5.CH4O.3CH3.33O.10Re.3Sn/c20-19(16-10-4-1-5-11-16,17-12-6-2-7-13-17)18-14-8-3-9-15-18;1-4-7(8,5-2)6-3;1-4-8(7,5-2)6-3;3*1-2-4-6-5-3-1;2*1-4(2,3)5;1-5(2,3)4;4*1-2;;;;;;;;;;;;;;;;;;;;;;;;;;;;;;;;;;;;;;;;;;;;;;;;;/h1-15H;4-6H2,1-3H3;7H,4-6H2,1-3H3;3*1-5H;5H,1-3H3;1-3H3;4H,1-3H3;3*1H2,2H3;2H,1H3;3*1H3;;;;;;;;;;;;;;;;;;;;;;;;;;;;;;;;;;;;;;;;;;;;;;/q2*-1;;;;;;-1;;;;;;;;;;;;;;;;;;;;;;;;;;;;;;;;;;;;;;;;;;;;;;;;;3*+1;;;. The van der Waals surface area contributed by atoms with Crippen LogP contribution in [-0.2, 0) is 278 Å². The topological polar surface area (TPSA) is 648 Å². The zero-order valence-electron chi connectivity index (χ0n) is 73.4. The summed E-state index contributed by atoms with van der Waals surface area (Å²) in [5, 5.41) is 17.8. The molecule has 0 unspecified atom stereocenters. The Hall–Kier alpha value is 0.00182. The first-order valence-electron chi connectivity index (χ1n) is 36.4. The molecule has 0 aliphatic heterocycles. The van der Waals surface area contributed by atoms with E-state index >= 15 is 0 Å². The van der Waals surface area contributed by atoms with Gasteiger partial charge in [0.2, 0.25) is 0 Å². The van der Waals surface area contributed by atoms with Crippen molar-refractivity contribution in [2.24, 2.45) is 0 Å². The van der Waals surface area contributed by atoms with Crippen molar-refractivity contribution in [3.05, 3.63) is 182 Å². The Balaban J connectivity index is -0.000000211. The van der Waals surface area contributed by atoms with Crippen LogP contribution in [0, 0.1) is 0 Å². The average Bonchev–Trinajstić information content (AvgIpc) is 0.754. The van der Waals surface area contributed by atoms with Crippen molar-refractivity contribution in [1.82, 2.24) is 0 Å². The molecule has 40 nitrogen and oxygen atoms in total. The first-order chi connectivity index (χ1) is 56.8. The van der Waals surface area contributed by atoms with E-state index in [2.05, 4.69) is 25.1 Å². The minimum absolute atomic E-state index is 0.500. The summed E-state index contributed by atoms with van der Waals surface area (Å²) >= 11 is -71.1. The molecule has 0 heterocycles. The summed E-state index contributed by atoms with van der Waals surface area (Å²) in [6, 6.07) is 58.4. The van der Waals surface area contributed by atoms with Crippen LogP contribution in [0.1, 0.15) is 83.1 Å². The van der Waals surface area contributed by atoms with E-state index in [0.29, 0.717) is 0 Å². The van der Waals surface area contributed by atoms with Gasteiger partial charge in [-0.1, -0.05) is 20.8 Å². The number of aliphatic hydroxyl groups is 2. The van der Waals surface area contributed by atoms with Gasteiger partial charge in [0.25, 0.3) is 0 Å². The van der Waals surface area contributed by atoms with Gasteiger partial charge in [-0.15, -0.1) is 0 Å². The molecule has 0 atom stereocenters. The predicted octanol–water partition coefficient (Wildman–Crippen LogP) is 11.4. The molecule has 6 aromatic carbocycles. The third-order valence-electron chi connectivity index (χ3n) is 14.5. The maximum absolute atomic E-state index is 11.8. The summed E-state index contributed by atoms with van der Waals surface area (Å²) in [7, 11) is -2.28. The Kier molecular flexibility index (Phi) is 79.2. The number of aliphatic hydroxyl groups excluding tert-OH is 1. The summed E-state index contributed by atoms with van der Waals surface area (Å²) in [5.41, 5.74) is -0.500. The molecule has 0 aromatic heterocycles. The SMILES string of the molecule is CC(C)(C)O.CC[Si](O)(CC)CC.CO.C[CH2][Ge]([CH2]C)([CH2]C)[O][Re](=[O])(=[O])=[O].C[CH2][Sn]([CH2]C)([CH2]C)[O][Re](=[O])(=[O])=[O].C[Si](C)(C)O.[CH3][Ge]([CH3])([CH3])[O][Re](=[O])(=[O])=[O].[CH3][Sn]([CH3])([CH3])[O][Re](=[O])(=[O])=[O].[O]=[Re](=[O])(=[O])[O][Ge]([c]1ccccc1)([c]1ccccc1)[c]1ccccc1.[O]=[Re](=[O])(=[O])[O][Sn]([c]1ccccc1)([c]1ccccc1)[c]1ccccc1.[O]=[Re](=[O])=[O].[O]=[Re](=[O])=[O].[O]=[Re](=[O])=[O].[O]=[Re](=[O])=[O]. The fourth-order valence-corrected chi connectivity index (χ4v) is 121. The predicted molar refractivity (Wildman–Crippen MR) is 411 cm³/mol. The molecule has 4 N–H and O–H groups in total. The second kappa shape index (κ2) is 70.6. The third kappa shape index (κ3) is 86.8. The first-order valence-corrected chi connectivity index (χ1v) is 121. The van der Waals surface area contributed by atoms with Crippen molar-refractivity contribution in [2.75, 3.05) is 7.11 Å². The van der Waals surface area contributed by atoms with Gasteiger partial charge in [0.05, 0.1) is 5.60 Å². The van der Waals surface area contributed by atoms with E-state index < -0.39 is 281 Å². The molecule has 126 heavy (non-hydrogen) atoms. The van der Waals surface area contributed by atoms with Crippen molar-refractivity contribution in [3.8, 4) is 0 Å². The molecular weight excluding hydrogens is 3950 g/mol. The molecule has 0 spiro atoms. The molecular formula is C68H118Ge3O40Re10Si2Sn3. The van der Waals surface area contributed by atoms with Gasteiger partial charge in [0.15, 0.2) is 16.6 Å². The molecule has 0 radical (unpaired) electrons. The van der Waals surface area contributed by atoms with Crippen LogP contribution in [0.5, 0.6) is 0 Å². The molecule has 732 valence electrons. The van der Waals surface area contributed by atoms with Crippen molar-refractivity contribution < 1.29 is 298 Å². The van der Waals surface area contributed by atoms with E-state index in [1.165, 1.54) is 0 Å². The zero-order valence-corrected chi connectivity index (χ0v) is 117. The fraction of sp³-hybridized carbons (Fsp3) is 0.471. The van der Waals surface area contributed by atoms with Crippen LogP contribution in [0.15, 0.2) is 182 Å². The molecule has 0 aliphatic rings. The third-order valence-corrected chi connectivity index (χ3v) is 130. The number of hydrogen-bond donors (Lipinski definition) is 4. The fourth-order valence-electron chi connectivity index (χ4n) is 9.13. The van der Waals surface area contributed by atoms with Crippen molar-refractivity contribution in [1.29, 1.82) is 0 Å². The number of benzene rings is 6. The van der Waals surface area contributed by atoms with E-state index in [1.54, 1.807) is 52.9 Å². The van der Waals surface area contributed by atoms with E-state index in [0.717, 1.165) is 78.2 Å². The zero-order chi connectivity index (χ0) is 101. The number of hydrogen-bond acceptors (Lipinski definition) is 40. The summed E-state index contributed by atoms with van der Waals surface area (Å²) < 4.78 is 333. The molecule has 6 aromatic rings. The van der Waals surface area contributed by atoms with Crippen LogP contribution >= 0.6 is 0 Å². The monoisotopic (exact) mass is 4080 g/mol. The molecule has 0 fully saturated rings. The van der Waals surface area contributed by atoms with Crippen LogP contribution in [0.3, 0.4) is 0 Å². The molecule has 0 saturated carbocycles. The first kappa shape index (κ1) is 141. The van der Waals surface area contributed by atoms with Gasteiger partial charge in [0.1, 0.15) is 0 Å².